The number of hydrogen-bond donors (Lipinski definition) is 2. The number of amides is 2. The molecule has 2 amide bonds. The van der Waals surface area contributed by atoms with Crippen molar-refractivity contribution >= 4 is 6.03 Å². The monoisotopic (exact) mass is 507 g/mol. The average Bonchev–Trinajstić information content (AvgIpc) is 2.83. The van der Waals surface area contributed by atoms with Crippen LogP contribution in [0.1, 0.15) is 54.3 Å². The van der Waals surface area contributed by atoms with E-state index in [1.54, 1.807) is 57.8 Å². The summed E-state index contributed by atoms with van der Waals surface area (Å²) in [5.41, 5.74) is 3.32. The Hall–Kier alpha value is -3.65. The third-order valence-corrected chi connectivity index (χ3v) is 6.74. The van der Waals surface area contributed by atoms with Crippen LogP contribution < -0.4 is 15.5 Å². The van der Waals surface area contributed by atoms with Gasteiger partial charge in [-0.2, -0.15) is 0 Å². The van der Waals surface area contributed by atoms with Crippen LogP contribution in [0.3, 0.4) is 0 Å². The van der Waals surface area contributed by atoms with Gasteiger partial charge in [-0.05, 0) is 88.9 Å². The Morgan fingerprint density at radius 3 is 2.43 bits per heavy atom. The minimum Gasteiger partial charge on any atom is -0.455 e. The predicted molar refractivity (Wildman–Crippen MR) is 141 cm³/mol. The topological polar surface area (TPSA) is 83.8 Å². The van der Waals surface area contributed by atoms with Gasteiger partial charge in [-0.15, -0.1) is 0 Å². The number of rotatable bonds is 5. The number of ether oxygens (including phenoxy) is 1. The maximum Gasteiger partial charge on any atom is 0.317 e. The molecule has 0 aliphatic carbocycles. The summed E-state index contributed by atoms with van der Waals surface area (Å²) in [6, 6.07) is 8.04. The van der Waals surface area contributed by atoms with E-state index in [9.17, 15) is 19.1 Å². The SMILES string of the molecule is CCNC(=O)N1CCc2c(n(-c3cc(C(C)(C)O)ccc3Oc3c(C)cc(F)cc3C)cc(C)c2=O)C1. The summed E-state index contributed by atoms with van der Waals surface area (Å²) in [5.74, 6) is 0.677. The van der Waals surface area contributed by atoms with Gasteiger partial charge in [0, 0.05) is 36.1 Å². The van der Waals surface area contributed by atoms with Crippen LogP contribution in [0.5, 0.6) is 11.5 Å². The number of carbonyl (C=O) groups excluding carboxylic acids is 1. The second-order valence-corrected chi connectivity index (χ2v) is 10.2. The van der Waals surface area contributed by atoms with E-state index in [1.165, 1.54) is 12.1 Å². The van der Waals surface area contributed by atoms with Gasteiger partial charge >= 0.3 is 6.03 Å². The molecule has 2 N–H and O–H groups in total. The fourth-order valence-corrected chi connectivity index (χ4v) is 4.77. The highest BCUT2D eigenvalue weighted by Crippen LogP contribution is 2.37. The van der Waals surface area contributed by atoms with Gasteiger partial charge in [-0.1, -0.05) is 6.07 Å². The number of hydrogen-bond acceptors (Lipinski definition) is 4. The van der Waals surface area contributed by atoms with E-state index in [0.29, 0.717) is 70.2 Å². The van der Waals surface area contributed by atoms with E-state index in [-0.39, 0.29) is 23.8 Å². The van der Waals surface area contributed by atoms with Crippen LogP contribution >= 0.6 is 0 Å². The molecule has 0 bridgehead atoms. The molecule has 1 aliphatic heterocycles. The van der Waals surface area contributed by atoms with E-state index in [1.807, 2.05) is 17.6 Å². The highest BCUT2D eigenvalue weighted by Gasteiger charge is 2.28. The van der Waals surface area contributed by atoms with Gasteiger partial charge < -0.3 is 24.6 Å². The zero-order valence-electron chi connectivity index (χ0n) is 22.2. The molecule has 2 heterocycles. The Balaban J connectivity index is 1.93. The Labute approximate surface area is 216 Å². The van der Waals surface area contributed by atoms with Gasteiger partial charge in [-0.3, -0.25) is 4.79 Å². The van der Waals surface area contributed by atoms with Crippen molar-refractivity contribution in [3.63, 3.8) is 0 Å². The molecule has 0 radical (unpaired) electrons. The number of aliphatic hydroxyl groups is 1. The van der Waals surface area contributed by atoms with Gasteiger partial charge in [0.1, 0.15) is 11.6 Å². The number of benzene rings is 2. The van der Waals surface area contributed by atoms with Crippen molar-refractivity contribution < 1.29 is 19.0 Å². The Morgan fingerprint density at radius 2 is 1.81 bits per heavy atom. The summed E-state index contributed by atoms with van der Waals surface area (Å²) >= 11 is 0. The molecule has 1 aromatic heterocycles. The quantitative estimate of drug-likeness (QED) is 0.509. The van der Waals surface area contributed by atoms with Gasteiger partial charge in [0.05, 0.1) is 17.8 Å². The number of aromatic nitrogens is 1. The number of carbonyl (C=O) groups is 1. The third-order valence-electron chi connectivity index (χ3n) is 6.74. The van der Waals surface area contributed by atoms with Crippen molar-refractivity contribution in [1.29, 1.82) is 0 Å². The van der Waals surface area contributed by atoms with Gasteiger partial charge in [0.15, 0.2) is 11.2 Å². The lowest BCUT2D eigenvalue weighted by Gasteiger charge is -2.32. The lowest BCUT2D eigenvalue weighted by molar-refractivity contribution is 0.0785. The number of aryl methyl sites for hydroxylation is 3. The largest absolute Gasteiger partial charge is 0.455 e. The molecular formula is C29H34FN3O4. The van der Waals surface area contributed by atoms with Gasteiger partial charge in [-0.25, -0.2) is 9.18 Å². The van der Waals surface area contributed by atoms with Crippen LogP contribution in [0.4, 0.5) is 9.18 Å². The van der Waals surface area contributed by atoms with Crippen molar-refractivity contribution in [2.45, 2.75) is 60.1 Å². The Bertz CT molecular complexity index is 1400. The van der Waals surface area contributed by atoms with Crippen LogP contribution in [0.2, 0.25) is 0 Å². The normalized spacial score (nSPS) is 13.4. The van der Waals surface area contributed by atoms with E-state index in [4.69, 9.17) is 4.74 Å². The zero-order chi connectivity index (χ0) is 27.1. The summed E-state index contributed by atoms with van der Waals surface area (Å²) < 4.78 is 22.2. The molecule has 3 aromatic rings. The van der Waals surface area contributed by atoms with Crippen molar-refractivity contribution in [1.82, 2.24) is 14.8 Å². The molecule has 0 saturated heterocycles. The van der Waals surface area contributed by atoms with Crippen LogP contribution in [0, 0.1) is 26.6 Å². The predicted octanol–water partition coefficient (Wildman–Crippen LogP) is 5.01. The van der Waals surface area contributed by atoms with E-state index >= 15 is 0 Å². The molecule has 0 fully saturated rings. The van der Waals surface area contributed by atoms with E-state index in [0.717, 1.165) is 0 Å². The third kappa shape index (κ3) is 5.25. The van der Waals surface area contributed by atoms with Crippen molar-refractivity contribution in [3.05, 3.63) is 86.1 Å². The first-order valence-electron chi connectivity index (χ1n) is 12.5. The minimum atomic E-state index is -1.13. The van der Waals surface area contributed by atoms with Crippen LogP contribution in [-0.2, 0) is 18.6 Å². The summed E-state index contributed by atoms with van der Waals surface area (Å²) in [6.07, 6.45) is 2.19. The average molecular weight is 508 g/mol. The van der Waals surface area contributed by atoms with Gasteiger partial charge in [0.25, 0.3) is 0 Å². The summed E-state index contributed by atoms with van der Waals surface area (Å²) in [5, 5.41) is 13.6. The van der Waals surface area contributed by atoms with Crippen LogP contribution in [0.25, 0.3) is 5.69 Å². The van der Waals surface area contributed by atoms with Crippen LogP contribution in [0.15, 0.2) is 41.3 Å². The molecule has 1 aliphatic rings. The molecule has 2 aromatic carbocycles. The highest BCUT2D eigenvalue weighted by molar-refractivity contribution is 5.74. The minimum absolute atomic E-state index is 0.0341. The molecule has 0 atom stereocenters. The maximum atomic E-state index is 13.9. The first-order chi connectivity index (χ1) is 17.4. The first kappa shape index (κ1) is 26.4. The van der Waals surface area contributed by atoms with Crippen molar-refractivity contribution in [2.75, 3.05) is 13.1 Å². The first-order valence-corrected chi connectivity index (χ1v) is 12.5. The number of nitrogens with zero attached hydrogens (tertiary/aromatic N) is 2. The lowest BCUT2D eigenvalue weighted by atomic mass is 9.96. The maximum absolute atomic E-state index is 13.9. The van der Waals surface area contributed by atoms with Gasteiger partial charge in [0.2, 0.25) is 0 Å². The molecule has 0 spiro atoms. The number of fused-ring (bicyclic) bond motifs is 1. The van der Waals surface area contributed by atoms with E-state index < -0.39 is 5.60 Å². The molecule has 196 valence electrons. The molecule has 0 saturated carbocycles. The molecule has 8 heteroatoms. The van der Waals surface area contributed by atoms with Crippen molar-refractivity contribution in [3.8, 4) is 17.2 Å². The molecule has 37 heavy (non-hydrogen) atoms. The summed E-state index contributed by atoms with van der Waals surface area (Å²) in [6.45, 7) is 11.8. The Kier molecular flexibility index (Phi) is 7.15. The smallest absolute Gasteiger partial charge is 0.317 e. The van der Waals surface area contributed by atoms with Crippen LogP contribution in [-0.4, -0.2) is 33.7 Å². The fraction of sp³-hybridized carbons (Fsp3) is 0.379. The second-order valence-electron chi connectivity index (χ2n) is 10.2. The summed E-state index contributed by atoms with van der Waals surface area (Å²) in [7, 11) is 0. The fourth-order valence-electron chi connectivity index (χ4n) is 4.77. The standard InChI is InChI=1S/C29H34FN3O4/c1-7-31-28(35)32-11-10-22-24(16-32)33(15-19(4)26(22)34)23-14-20(29(5,6)36)8-9-25(23)37-27-17(2)12-21(30)13-18(27)3/h8-9,12-15,36H,7,10-11,16H2,1-6H3,(H,31,35). The number of halogens is 1. The zero-order valence-corrected chi connectivity index (χ0v) is 22.2. The molecule has 7 nitrogen and oxygen atoms in total. The number of nitrogens with one attached hydrogen (secondary N) is 1. The lowest BCUT2D eigenvalue weighted by Crippen LogP contribution is -2.45. The second kappa shape index (κ2) is 10.0. The Morgan fingerprint density at radius 1 is 1.14 bits per heavy atom. The molecule has 4 rings (SSSR count). The van der Waals surface area contributed by atoms with Crippen molar-refractivity contribution in [2.24, 2.45) is 0 Å². The summed E-state index contributed by atoms with van der Waals surface area (Å²) in [4.78, 5) is 27.4. The highest BCUT2D eigenvalue weighted by atomic mass is 19.1. The number of pyridine rings is 1. The molecule has 0 unspecified atom stereocenters. The molecular weight excluding hydrogens is 473 g/mol. The number of urea groups is 1. The van der Waals surface area contributed by atoms with E-state index in [2.05, 4.69) is 5.32 Å².